The average molecular weight is 284 g/mol. The number of ether oxygens (including phenoxy) is 1. The molecule has 112 valence electrons. The number of nitrogens with one attached hydrogen (secondary N) is 1. The predicted molar refractivity (Wildman–Crippen MR) is 73.4 cm³/mol. The van der Waals surface area contributed by atoms with Crippen LogP contribution >= 0.6 is 0 Å². The fourth-order valence-corrected chi connectivity index (χ4v) is 2.33. The molecule has 0 radical (unpaired) electrons. The van der Waals surface area contributed by atoms with Crippen LogP contribution in [0.2, 0.25) is 0 Å². The fourth-order valence-electron chi connectivity index (χ4n) is 2.33. The van der Waals surface area contributed by atoms with E-state index in [0.717, 1.165) is 4.57 Å². The first kappa shape index (κ1) is 16.4. The number of rotatable bonds is 4. The van der Waals surface area contributed by atoms with Crippen molar-refractivity contribution >= 4 is 0 Å². The van der Waals surface area contributed by atoms with Crippen molar-refractivity contribution in [2.45, 2.75) is 38.2 Å². The maximum Gasteiger partial charge on any atom is 0.330 e. The number of hydrogen-bond acceptors (Lipinski definition) is 5. The van der Waals surface area contributed by atoms with Gasteiger partial charge in [0.2, 0.25) is 0 Å². The van der Waals surface area contributed by atoms with Crippen LogP contribution in [0.4, 0.5) is 0 Å². The number of aromatic nitrogens is 2. The first-order valence-corrected chi connectivity index (χ1v) is 5.91. The molecule has 3 atom stereocenters. The van der Waals surface area contributed by atoms with Gasteiger partial charge in [-0.2, -0.15) is 0 Å². The zero-order valence-corrected chi connectivity index (χ0v) is 10.3. The first-order valence-electron chi connectivity index (χ1n) is 5.91. The minimum absolute atomic E-state index is 0. The summed E-state index contributed by atoms with van der Waals surface area (Å²) in [6.45, 7) is 3.31. The van der Waals surface area contributed by atoms with Gasteiger partial charge in [-0.05, 0) is 6.42 Å². The Kier molecular flexibility index (Phi) is 5.04. The second kappa shape index (κ2) is 6.17. The Morgan fingerprint density at radius 3 is 2.85 bits per heavy atom. The summed E-state index contributed by atoms with van der Waals surface area (Å²) in [5.41, 5.74) is -2.53. The summed E-state index contributed by atoms with van der Waals surface area (Å²) in [6.07, 6.45) is 1.65. The van der Waals surface area contributed by atoms with E-state index in [1.54, 1.807) is 0 Å². The molecule has 1 aromatic heterocycles. The summed E-state index contributed by atoms with van der Waals surface area (Å²) < 4.78 is 6.59. The molecule has 2 heterocycles. The predicted octanol–water partition coefficient (Wildman–Crippen LogP) is -0.240. The molecule has 1 aromatic rings. The van der Waals surface area contributed by atoms with Crippen LogP contribution in [-0.2, 0) is 4.74 Å². The summed E-state index contributed by atoms with van der Waals surface area (Å²) >= 11 is 0. The molecule has 0 bridgehead atoms. The third kappa shape index (κ3) is 2.90. The van der Waals surface area contributed by atoms with Crippen molar-refractivity contribution in [2.75, 3.05) is 6.61 Å². The third-order valence-corrected chi connectivity index (χ3v) is 3.17. The van der Waals surface area contributed by atoms with Gasteiger partial charge in [-0.3, -0.25) is 14.3 Å². The molecule has 1 saturated heterocycles. The second-order valence-electron chi connectivity index (χ2n) is 4.61. The van der Waals surface area contributed by atoms with E-state index in [1.807, 2.05) is 0 Å². The van der Waals surface area contributed by atoms with Crippen LogP contribution in [-0.4, -0.2) is 38.1 Å². The molecule has 20 heavy (non-hydrogen) atoms. The largest absolute Gasteiger partial charge is 0.394 e. The summed E-state index contributed by atoms with van der Waals surface area (Å²) in [4.78, 5) is 24.9. The topological polar surface area (TPSA) is 105 Å². The van der Waals surface area contributed by atoms with E-state index >= 15 is 0 Å². The third-order valence-electron chi connectivity index (χ3n) is 3.17. The Bertz CT molecular complexity index is 579. The Labute approximate surface area is 116 Å². The van der Waals surface area contributed by atoms with Gasteiger partial charge < -0.3 is 14.9 Å². The van der Waals surface area contributed by atoms with Crippen LogP contribution in [0.25, 0.3) is 0 Å². The summed E-state index contributed by atoms with van der Waals surface area (Å²) in [7, 11) is 0. The highest BCUT2D eigenvalue weighted by Gasteiger charge is 2.47. The smallest absolute Gasteiger partial charge is 0.330 e. The van der Waals surface area contributed by atoms with Crippen molar-refractivity contribution < 1.29 is 14.9 Å². The highest BCUT2D eigenvalue weighted by atomic mass is 16.5. The minimum atomic E-state index is -1.34. The monoisotopic (exact) mass is 284 g/mol. The van der Waals surface area contributed by atoms with E-state index in [4.69, 9.17) is 9.84 Å². The van der Waals surface area contributed by atoms with Gasteiger partial charge >= 0.3 is 5.69 Å². The number of aliphatic hydroxyl groups excluding tert-OH is 1. The molecular weight excluding hydrogens is 264 g/mol. The molecule has 0 amide bonds. The average Bonchev–Trinajstić information content (AvgIpc) is 2.67. The van der Waals surface area contributed by atoms with Gasteiger partial charge in [0.15, 0.2) is 6.23 Å². The molecule has 0 aliphatic carbocycles. The Morgan fingerprint density at radius 2 is 2.30 bits per heavy atom. The number of hydrogen-bond donors (Lipinski definition) is 3. The van der Waals surface area contributed by atoms with E-state index < -0.39 is 29.2 Å². The molecule has 1 fully saturated rings. The normalized spacial score (nSPS) is 28.9. The summed E-state index contributed by atoms with van der Waals surface area (Å²) in [5.74, 6) is 0. The van der Waals surface area contributed by atoms with Gasteiger partial charge in [0, 0.05) is 18.7 Å². The Hall–Kier alpha value is -1.70. The Balaban J connectivity index is 0.00000200. The molecular formula is C13H20N2O5. The zero-order valence-electron chi connectivity index (χ0n) is 10.3. The molecule has 1 aliphatic rings. The highest BCUT2D eigenvalue weighted by molar-refractivity contribution is 5.00. The molecule has 2 unspecified atom stereocenters. The maximum absolute atomic E-state index is 11.7. The van der Waals surface area contributed by atoms with E-state index in [2.05, 4.69) is 11.6 Å². The first-order chi connectivity index (χ1) is 9.00. The van der Waals surface area contributed by atoms with Crippen LogP contribution in [0, 0.1) is 0 Å². The van der Waals surface area contributed by atoms with E-state index in [0.29, 0.717) is 0 Å². The molecule has 7 nitrogen and oxygen atoms in total. The Morgan fingerprint density at radius 1 is 1.60 bits per heavy atom. The van der Waals surface area contributed by atoms with Crippen molar-refractivity contribution in [3.63, 3.8) is 0 Å². The SMILES string of the molecule is C.C=CC[C@@]1(O)CC(CO)OC1n1ccc(=O)[nH]c1=O. The summed E-state index contributed by atoms with van der Waals surface area (Å²) in [5, 5.41) is 19.7. The van der Waals surface area contributed by atoms with Crippen molar-refractivity contribution in [1.82, 2.24) is 9.55 Å². The van der Waals surface area contributed by atoms with E-state index in [-0.39, 0.29) is 26.9 Å². The molecule has 3 N–H and O–H groups in total. The summed E-state index contributed by atoms with van der Waals surface area (Å²) in [6, 6.07) is 1.17. The van der Waals surface area contributed by atoms with Crippen LogP contribution in [0.3, 0.4) is 0 Å². The van der Waals surface area contributed by atoms with Gasteiger partial charge in [-0.25, -0.2) is 4.79 Å². The molecule has 2 rings (SSSR count). The highest BCUT2D eigenvalue weighted by Crippen LogP contribution is 2.39. The zero-order chi connectivity index (χ0) is 14.0. The van der Waals surface area contributed by atoms with Crippen molar-refractivity contribution in [3.8, 4) is 0 Å². The van der Waals surface area contributed by atoms with Crippen molar-refractivity contribution in [1.29, 1.82) is 0 Å². The van der Waals surface area contributed by atoms with Crippen molar-refractivity contribution in [3.05, 3.63) is 45.8 Å². The standard InChI is InChI=1S/C12H16N2O5.CH4/c1-2-4-12(18)6-8(7-15)19-10(12)14-5-3-9(16)13-11(14)17;/h2-3,5,8,10,15,18H,1,4,6-7H2,(H,13,16,17);1H4/t8?,10?,12-;/m1./s1. The number of nitrogens with zero attached hydrogens (tertiary/aromatic N) is 1. The second-order valence-corrected chi connectivity index (χ2v) is 4.61. The van der Waals surface area contributed by atoms with E-state index in [9.17, 15) is 14.7 Å². The van der Waals surface area contributed by atoms with Gasteiger partial charge in [0.25, 0.3) is 5.56 Å². The van der Waals surface area contributed by atoms with Crippen molar-refractivity contribution in [2.24, 2.45) is 0 Å². The number of aromatic amines is 1. The lowest BCUT2D eigenvalue weighted by molar-refractivity contribution is -0.0964. The lowest BCUT2D eigenvalue weighted by Gasteiger charge is -2.28. The fraction of sp³-hybridized carbons (Fsp3) is 0.538. The quantitative estimate of drug-likeness (QED) is 0.662. The number of aliphatic hydroxyl groups is 2. The van der Waals surface area contributed by atoms with Crippen LogP contribution < -0.4 is 11.2 Å². The molecule has 7 heteroatoms. The molecule has 1 aliphatic heterocycles. The van der Waals surface area contributed by atoms with Gasteiger partial charge in [-0.15, -0.1) is 6.58 Å². The van der Waals surface area contributed by atoms with Gasteiger partial charge in [0.05, 0.1) is 12.7 Å². The van der Waals surface area contributed by atoms with Gasteiger partial charge in [-0.1, -0.05) is 13.5 Å². The lowest BCUT2D eigenvalue weighted by atomic mass is 9.93. The van der Waals surface area contributed by atoms with Gasteiger partial charge in [0.1, 0.15) is 5.60 Å². The number of H-pyrrole nitrogens is 1. The molecule has 0 spiro atoms. The molecule has 0 aromatic carbocycles. The van der Waals surface area contributed by atoms with Crippen LogP contribution in [0.5, 0.6) is 0 Å². The van der Waals surface area contributed by atoms with Crippen LogP contribution in [0.1, 0.15) is 26.5 Å². The molecule has 0 saturated carbocycles. The lowest BCUT2D eigenvalue weighted by Crippen LogP contribution is -2.41. The van der Waals surface area contributed by atoms with Crippen LogP contribution in [0.15, 0.2) is 34.5 Å². The minimum Gasteiger partial charge on any atom is -0.394 e. The maximum atomic E-state index is 11.7. The van der Waals surface area contributed by atoms with E-state index in [1.165, 1.54) is 18.3 Å².